The fourth-order valence-electron chi connectivity index (χ4n) is 2.58. The van der Waals surface area contributed by atoms with Gasteiger partial charge in [-0.25, -0.2) is 8.78 Å². The summed E-state index contributed by atoms with van der Waals surface area (Å²) in [7, 11) is 0. The molecular formula is C22H15F4NO3. The molecule has 1 N–H and O–H groups in total. The van der Waals surface area contributed by atoms with Crippen LogP contribution in [0.3, 0.4) is 0 Å². The summed E-state index contributed by atoms with van der Waals surface area (Å²) in [6.45, 7) is 1.07. The number of ether oxygens (including phenoxy) is 1. The predicted octanol–water partition coefficient (Wildman–Crippen LogP) is 5.28. The summed E-state index contributed by atoms with van der Waals surface area (Å²) in [5, 5.41) is 2.67. The second-order valence-electron chi connectivity index (χ2n) is 6.37. The van der Waals surface area contributed by atoms with Crippen LogP contribution in [0.4, 0.5) is 23.2 Å². The van der Waals surface area contributed by atoms with Gasteiger partial charge >= 0.3 is 0 Å². The van der Waals surface area contributed by atoms with Crippen LogP contribution in [0.2, 0.25) is 0 Å². The molecule has 0 radical (unpaired) electrons. The highest BCUT2D eigenvalue weighted by atomic mass is 19.2. The van der Waals surface area contributed by atoms with Crippen molar-refractivity contribution in [1.29, 1.82) is 0 Å². The lowest BCUT2D eigenvalue weighted by Crippen LogP contribution is -2.12. The third kappa shape index (κ3) is 4.65. The van der Waals surface area contributed by atoms with E-state index in [-0.39, 0.29) is 18.5 Å². The van der Waals surface area contributed by atoms with Crippen molar-refractivity contribution in [3.05, 3.63) is 94.6 Å². The van der Waals surface area contributed by atoms with Gasteiger partial charge in [0.1, 0.15) is 6.61 Å². The summed E-state index contributed by atoms with van der Waals surface area (Å²) >= 11 is 0. The van der Waals surface area contributed by atoms with Crippen molar-refractivity contribution in [2.75, 3.05) is 5.32 Å². The van der Waals surface area contributed by atoms with Crippen LogP contribution >= 0.6 is 0 Å². The summed E-state index contributed by atoms with van der Waals surface area (Å²) < 4.78 is 58.5. The topological polar surface area (TPSA) is 55.4 Å². The molecule has 0 aromatic heterocycles. The molecule has 0 aliphatic rings. The first-order valence-electron chi connectivity index (χ1n) is 8.73. The molecular weight excluding hydrogens is 402 g/mol. The van der Waals surface area contributed by atoms with E-state index in [9.17, 15) is 27.2 Å². The van der Waals surface area contributed by atoms with E-state index in [0.717, 1.165) is 0 Å². The number of rotatable bonds is 6. The fourth-order valence-corrected chi connectivity index (χ4v) is 2.58. The number of halogens is 4. The molecule has 0 aliphatic carbocycles. The lowest BCUT2D eigenvalue weighted by Gasteiger charge is -2.10. The Bertz CT molecular complexity index is 1070. The molecule has 0 saturated heterocycles. The first-order valence-corrected chi connectivity index (χ1v) is 8.73. The van der Waals surface area contributed by atoms with Gasteiger partial charge in [-0.3, -0.25) is 9.59 Å². The third-order valence-electron chi connectivity index (χ3n) is 4.22. The third-order valence-corrected chi connectivity index (χ3v) is 4.22. The standard InChI is InChI=1S/C22H15F4NO3/c1-12(28)14-6-8-16(9-7-14)27-22(29)15-4-2-13(3-5-15)11-30-21-19(25)17(23)10-18(24)20(21)26/h2-10H,11H2,1H3,(H,27,29). The fraction of sp³-hybridized carbons (Fsp3) is 0.0909. The number of Topliss-reactive ketones (excluding diaryl/α,β-unsaturated/α-hetero) is 1. The molecule has 0 saturated carbocycles. The molecule has 3 aromatic rings. The Balaban J connectivity index is 1.65. The summed E-state index contributed by atoms with van der Waals surface area (Å²) in [6, 6.07) is 12.3. The largest absolute Gasteiger partial charge is 0.483 e. The zero-order chi connectivity index (χ0) is 21.8. The van der Waals surface area contributed by atoms with Gasteiger partial charge in [-0.2, -0.15) is 8.78 Å². The number of benzene rings is 3. The van der Waals surface area contributed by atoms with E-state index in [4.69, 9.17) is 4.74 Å². The average Bonchev–Trinajstić information content (AvgIpc) is 2.73. The Morgan fingerprint density at radius 2 is 1.37 bits per heavy atom. The molecule has 0 bridgehead atoms. The van der Waals surface area contributed by atoms with Crippen molar-refractivity contribution in [3.8, 4) is 5.75 Å². The normalized spacial score (nSPS) is 10.6. The Morgan fingerprint density at radius 3 is 1.90 bits per heavy atom. The van der Waals surface area contributed by atoms with Crippen LogP contribution in [0.1, 0.15) is 33.2 Å². The van der Waals surface area contributed by atoms with E-state index in [0.29, 0.717) is 22.4 Å². The minimum Gasteiger partial charge on any atom is -0.483 e. The van der Waals surface area contributed by atoms with Gasteiger partial charge in [-0.05, 0) is 48.9 Å². The molecule has 0 spiro atoms. The van der Waals surface area contributed by atoms with Crippen molar-refractivity contribution < 1.29 is 31.9 Å². The van der Waals surface area contributed by atoms with Gasteiger partial charge < -0.3 is 10.1 Å². The van der Waals surface area contributed by atoms with Crippen LogP contribution in [0.5, 0.6) is 5.75 Å². The SMILES string of the molecule is CC(=O)c1ccc(NC(=O)c2ccc(COc3c(F)c(F)cc(F)c3F)cc2)cc1. The number of carbonyl (C=O) groups excluding carboxylic acids is 2. The summed E-state index contributed by atoms with van der Waals surface area (Å²) in [5.74, 6) is -8.03. The Morgan fingerprint density at radius 1 is 0.833 bits per heavy atom. The van der Waals surface area contributed by atoms with E-state index < -0.39 is 34.9 Å². The Labute approximate surface area is 169 Å². The number of carbonyl (C=O) groups is 2. The molecule has 0 unspecified atom stereocenters. The van der Waals surface area contributed by atoms with Crippen molar-refractivity contribution in [3.63, 3.8) is 0 Å². The number of nitrogens with one attached hydrogen (secondary N) is 1. The highest BCUT2D eigenvalue weighted by molar-refractivity contribution is 6.04. The quantitative estimate of drug-likeness (QED) is 0.337. The van der Waals surface area contributed by atoms with Gasteiger partial charge in [-0.15, -0.1) is 0 Å². The number of amides is 1. The molecule has 0 aliphatic heterocycles. The van der Waals surface area contributed by atoms with E-state index in [1.807, 2.05) is 0 Å². The lowest BCUT2D eigenvalue weighted by atomic mass is 10.1. The molecule has 0 atom stereocenters. The first kappa shape index (κ1) is 21.0. The molecule has 0 fully saturated rings. The molecule has 8 heteroatoms. The molecule has 3 aromatic carbocycles. The van der Waals surface area contributed by atoms with Crippen LogP contribution in [0.15, 0.2) is 54.6 Å². The molecule has 1 amide bonds. The smallest absolute Gasteiger partial charge is 0.255 e. The van der Waals surface area contributed by atoms with Gasteiger partial charge in [0.25, 0.3) is 5.91 Å². The zero-order valence-corrected chi connectivity index (χ0v) is 15.6. The van der Waals surface area contributed by atoms with Crippen molar-refractivity contribution in [1.82, 2.24) is 0 Å². The second kappa shape index (κ2) is 8.77. The van der Waals surface area contributed by atoms with Gasteiger partial charge in [0.2, 0.25) is 11.6 Å². The number of anilines is 1. The molecule has 0 heterocycles. The summed E-state index contributed by atoms with van der Waals surface area (Å²) in [4.78, 5) is 23.6. The van der Waals surface area contributed by atoms with E-state index in [1.54, 1.807) is 24.3 Å². The molecule has 4 nitrogen and oxygen atoms in total. The van der Waals surface area contributed by atoms with Crippen molar-refractivity contribution >= 4 is 17.4 Å². The zero-order valence-electron chi connectivity index (χ0n) is 15.6. The average molecular weight is 417 g/mol. The summed E-state index contributed by atoms with van der Waals surface area (Å²) in [6.07, 6.45) is 0. The van der Waals surface area contributed by atoms with Crippen molar-refractivity contribution in [2.45, 2.75) is 13.5 Å². The minimum atomic E-state index is -1.62. The van der Waals surface area contributed by atoms with Crippen LogP contribution in [0.25, 0.3) is 0 Å². The van der Waals surface area contributed by atoms with Crippen LogP contribution in [-0.2, 0) is 6.61 Å². The van der Waals surface area contributed by atoms with Gasteiger partial charge in [-0.1, -0.05) is 12.1 Å². The maximum atomic E-state index is 13.6. The number of ketones is 1. The number of hydrogen-bond acceptors (Lipinski definition) is 3. The molecule has 154 valence electrons. The highest BCUT2D eigenvalue weighted by Crippen LogP contribution is 2.27. The second-order valence-corrected chi connectivity index (χ2v) is 6.37. The van der Waals surface area contributed by atoms with E-state index >= 15 is 0 Å². The van der Waals surface area contributed by atoms with Crippen LogP contribution in [-0.4, -0.2) is 11.7 Å². The predicted molar refractivity (Wildman–Crippen MR) is 101 cm³/mol. The summed E-state index contributed by atoms with van der Waals surface area (Å²) in [5.41, 5.74) is 1.73. The Hall–Kier alpha value is -3.68. The monoisotopic (exact) mass is 417 g/mol. The van der Waals surface area contributed by atoms with Gasteiger partial charge in [0.15, 0.2) is 23.2 Å². The maximum Gasteiger partial charge on any atom is 0.255 e. The molecule has 30 heavy (non-hydrogen) atoms. The minimum absolute atomic E-state index is 0.0913. The first-order chi connectivity index (χ1) is 14.3. The molecule has 3 rings (SSSR count). The van der Waals surface area contributed by atoms with Gasteiger partial charge in [0, 0.05) is 22.9 Å². The Kier molecular flexibility index (Phi) is 6.15. The van der Waals surface area contributed by atoms with Crippen molar-refractivity contribution in [2.24, 2.45) is 0 Å². The van der Waals surface area contributed by atoms with Gasteiger partial charge in [0.05, 0.1) is 0 Å². The van der Waals surface area contributed by atoms with E-state index in [2.05, 4.69) is 5.32 Å². The lowest BCUT2D eigenvalue weighted by molar-refractivity contribution is 0.101. The number of hydrogen-bond donors (Lipinski definition) is 1. The van der Waals surface area contributed by atoms with Crippen LogP contribution < -0.4 is 10.1 Å². The maximum absolute atomic E-state index is 13.6. The highest BCUT2D eigenvalue weighted by Gasteiger charge is 2.20. The van der Waals surface area contributed by atoms with Crippen LogP contribution in [0, 0.1) is 23.3 Å². The van der Waals surface area contributed by atoms with E-state index in [1.165, 1.54) is 31.2 Å².